The first-order valence-corrected chi connectivity index (χ1v) is 4.25. The molecule has 0 unspecified atom stereocenters. The van der Waals surface area contributed by atoms with Crippen LogP contribution in [0.2, 0.25) is 10.0 Å². The molecule has 0 aliphatic heterocycles. The molecule has 14 heavy (non-hydrogen) atoms. The minimum Gasteiger partial charge on any atom is -0.474 e. The summed E-state index contributed by atoms with van der Waals surface area (Å²) in [7, 11) is 0. The number of halogens is 2. The smallest absolute Gasteiger partial charge is 0.394 e. The monoisotopic (exact) mass is 233 g/mol. The summed E-state index contributed by atoms with van der Waals surface area (Å²) < 4.78 is 0. The van der Waals surface area contributed by atoms with E-state index in [1.165, 1.54) is 18.2 Å². The Balaban J connectivity index is 2.83. The molecular formula is C8H5Cl2NO3. The minimum absolute atomic E-state index is 0.245. The lowest BCUT2D eigenvalue weighted by Gasteiger charge is -2.02. The Morgan fingerprint density at radius 2 is 1.86 bits per heavy atom. The first kappa shape index (κ1) is 10.8. The summed E-state index contributed by atoms with van der Waals surface area (Å²) in [5.74, 6) is -2.68. The van der Waals surface area contributed by atoms with E-state index in [4.69, 9.17) is 28.3 Å². The summed E-state index contributed by atoms with van der Waals surface area (Å²) in [6.07, 6.45) is 0. The van der Waals surface area contributed by atoms with Crippen LogP contribution in [0.3, 0.4) is 0 Å². The lowest BCUT2D eigenvalue weighted by molar-refractivity contribution is -0.147. The highest BCUT2D eigenvalue weighted by atomic mass is 35.5. The lowest BCUT2D eigenvalue weighted by atomic mass is 10.3. The number of carbonyl (C=O) groups excluding carboxylic acids is 1. The van der Waals surface area contributed by atoms with E-state index in [-0.39, 0.29) is 10.7 Å². The summed E-state index contributed by atoms with van der Waals surface area (Å²) in [4.78, 5) is 20.9. The molecule has 0 atom stereocenters. The third-order valence-corrected chi connectivity index (χ3v) is 2.11. The molecule has 0 aliphatic carbocycles. The van der Waals surface area contributed by atoms with Crippen molar-refractivity contribution >= 4 is 40.8 Å². The number of nitrogens with one attached hydrogen (secondary N) is 1. The van der Waals surface area contributed by atoms with Crippen LogP contribution >= 0.6 is 23.2 Å². The van der Waals surface area contributed by atoms with Gasteiger partial charge in [-0.05, 0) is 18.2 Å². The summed E-state index contributed by atoms with van der Waals surface area (Å²) in [6, 6.07) is 4.28. The van der Waals surface area contributed by atoms with Gasteiger partial charge in [0.1, 0.15) is 0 Å². The quantitative estimate of drug-likeness (QED) is 0.730. The fraction of sp³-hybridized carbons (Fsp3) is 0. The second kappa shape index (κ2) is 4.30. The highest BCUT2D eigenvalue weighted by molar-refractivity contribution is 6.42. The number of carbonyl (C=O) groups is 2. The molecule has 1 aromatic rings. The van der Waals surface area contributed by atoms with E-state index in [0.717, 1.165) is 0 Å². The van der Waals surface area contributed by atoms with Gasteiger partial charge in [-0.15, -0.1) is 0 Å². The van der Waals surface area contributed by atoms with E-state index in [2.05, 4.69) is 5.32 Å². The number of rotatable bonds is 1. The highest BCUT2D eigenvalue weighted by Crippen LogP contribution is 2.24. The molecule has 74 valence electrons. The molecule has 1 rings (SSSR count). The minimum atomic E-state index is -1.56. The van der Waals surface area contributed by atoms with Gasteiger partial charge in [0, 0.05) is 5.69 Å². The molecular weight excluding hydrogens is 229 g/mol. The molecule has 0 aromatic heterocycles. The maximum atomic E-state index is 10.7. The zero-order chi connectivity index (χ0) is 10.7. The van der Waals surface area contributed by atoms with Gasteiger partial charge in [0.05, 0.1) is 10.0 Å². The summed E-state index contributed by atoms with van der Waals surface area (Å²) in [5.41, 5.74) is 0.284. The maximum Gasteiger partial charge on any atom is 0.394 e. The third-order valence-electron chi connectivity index (χ3n) is 1.37. The van der Waals surface area contributed by atoms with Crippen LogP contribution in [0.25, 0.3) is 0 Å². The molecule has 0 saturated carbocycles. The Labute approximate surface area is 89.4 Å². The van der Waals surface area contributed by atoms with E-state index in [0.29, 0.717) is 5.02 Å². The first-order chi connectivity index (χ1) is 6.50. The molecule has 0 bridgehead atoms. The van der Waals surface area contributed by atoms with Gasteiger partial charge >= 0.3 is 11.9 Å². The van der Waals surface area contributed by atoms with Crippen molar-refractivity contribution in [2.75, 3.05) is 5.32 Å². The highest BCUT2D eigenvalue weighted by Gasteiger charge is 2.11. The van der Waals surface area contributed by atoms with Gasteiger partial charge in [0.25, 0.3) is 0 Å². The van der Waals surface area contributed by atoms with E-state index in [1.807, 2.05) is 0 Å². The lowest BCUT2D eigenvalue weighted by Crippen LogP contribution is -2.21. The van der Waals surface area contributed by atoms with Crippen molar-refractivity contribution in [1.82, 2.24) is 0 Å². The van der Waals surface area contributed by atoms with Crippen LogP contribution in [0.4, 0.5) is 5.69 Å². The summed E-state index contributed by atoms with van der Waals surface area (Å²) in [5, 5.41) is 11.0. The first-order valence-electron chi connectivity index (χ1n) is 3.50. The van der Waals surface area contributed by atoms with E-state index in [1.54, 1.807) is 0 Å². The van der Waals surface area contributed by atoms with Gasteiger partial charge in [-0.25, -0.2) is 4.79 Å². The molecule has 0 saturated heterocycles. The molecule has 0 heterocycles. The average molecular weight is 234 g/mol. The van der Waals surface area contributed by atoms with Gasteiger partial charge in [-0.2, -0.15) is 0 Å². The van der Waals surface area contributed by atoms with Crippen molar-refractivity contribution in [3.05, 3.63) is 28.2 Å². The van der Waals surface area contributed by atoms with Gasteiger partial charge in [-0.3, -0.25) is 4.79 Å². The summed E-state index contributed by atoms with van der Waals surface area (Å²) in [6.45, 7) is 0. The maximum absolute atomic E-state index is 10.7. The largest absolute Gasteiger partial charge is 0.474 e. The molecule has 0 radical (unpaired) electrons. The number of carboxylic acid groups (broad SMARTS) is 1. The van der Waals surface area contributed by atoms with Gasteiger partial charge in [0.2, 0.25) is 0 Å². The Bertz CT molecular complexity index is 392. The molecule has 0 spiro atoms. The average Bonchev–Trinajstić information content (AvgIpc) is 2.11. The van der Waals surface area contributed by atoms with E-state index in [9.17, 15) is 9.59 Å². The van der Waals surface area contributed by atoms with Crippen LogP contribution in [-0.2, 0) is 9.59 Å². The number of benzene rings is 1. The number of aliphatic carboxylic acids is 1. The van der Waals surface area contributed by atoms with Crippen LogP contribution in [0.15, 0.2) is 18.2 Å². The second-order valence-corrected chi connectivity index (χ2v) is 3.20. The van der Waals surface area contributed by atoms with Crippen LogP contribution in [0.1, 0.15) is 0 Å². The van der Waals surface area contributed by atoms with Gasteiger partial charge < -0.3 is 10.4 Å². The van der Waals surface area contributed by atoms with Crippen LogP contribution in [0.5, 0.6) is 0 Å². The van der Waals surface area contributed by atoms with Crippen LogP contribution in [-0.4, -0.2) is 17.0 Å². The number of hydrogen-bond acceptors (Lipinski definition) is 2. The predicted octanol–water partition coefficient (Wildman–Crippen LogP) is 2.02. The topological polar surface area (TPSA) is 66.4 Å². The van der Waals surface area contributed by atoms with Crippen molar-refractivity contribution in [1.29, 1.82) is 0 Å². The Kier molecular flexibility index (Phi) is 3.33. The fourth-order valence-electron chi connectivity index (χ4n) is 0.758. The number of carboxylic acids is 1. The van der Waals surface area contributed by atoms with Gasteiger partial charge in [-0.1, -0.05) is 23.2 Å². The number of anilines is 1. The normalized spacial score (nSPS) is 9.57. The van der Waals surface area contributed by atoms with Crippen molar-refractivity contribution in [2.24, 2.45) is 0 Å². The Morgan fingerprint density at radius 3 is 2.36 bits per heavy atom. The van der Waals surface area contributed by atoms with Crippen LogP contribution in [0, 0.1) is 0 Å². The van der Waals surface area contributed by atoms with E-state index >= 15 is 0 Å². The molecule has 4 nitrogen and oxygen atoms in total. The van der Waals surface area contributed by atoms with Crippen molar-refractivity contribution in [3.8, 4) is 0 Å². The predicted molar refractivity (Wildman–Crippen MR) is 52.7 cm³/mol. The second-order valence-electron chi connectivity index (χ2n) is 2.39. The molecule has 1 aromatic carbocycles. The molecule has 0 fully saturated rings. The van der Waals surface area contributed by atoms with Crippen LogP contribution < -0.4 is 5.32 Å². The number of amides is 1. The van der Waals surface area contributed by atoms with Crippen molar-refractivity contribution in [3.63, 3.8) is 0 Å². The van der Waals surface area contributed by atoms with Crippen molar-refractivity contribution < 1.29 is 14.7 Å². The van der Waals surface area contributed by atoms with Crippen molar-refractivity contribution in [2.45, 2.75) is 0 Å². The van der Waals surface area contributed by atoms with Gasteiger partial charge in [0.15, 0.2) is 0 Å². The Hall–Kier alpha value is -1.26. The molecule has 1 amide bonds. The molecule has 0 aliphatic rings. The van der Waals surface area contributed by atoms with E-state index < -0.39 is 11.9 Å². The Morgan fingerprint density at radius 1 is 1.21 bits per heavy atom. The SMILES string of the molecule is O=C(O)C(=O)Nc1ccc(Cl)c(Cl)c1. The zero-order valence-electron chi connectivity index (χ0n) is 6.75. The number of hydrogen-bond donors (Lipinski definition) is 2. The fourth-order valence-corrected chi connectivity index (χ4v) is 1.06. The molecule has 2 N–H and O–H groups in total. The third kappa shape index (κ3) is 2.61. The molecule has 6 heteroatoms. The zero-order valence-corrected chi connectivity index (χ0v) is 8.26. The summed E-state index contributed by atoms with van der Waals surface area (Å²) >= 11 is 11.3. The standard InChI is InChI=1S/C8H5Cl2NO3/c9-5-2-1-4(3-6(5)10)11-7(12)8(13)14/h1-3H,(H,11,12)(H,13,14).